The summed E-state index contributed by atoms with van der Waals surface area (Å²) < 4.78 is 0. The van der Waals surface area contributed by atoms with Crippen molar-refractivity contribution in [3.05, 3.63) is 35.4 Å². The maximum Gasteiger partial charge on any atom is 0.243 e. The second kappa shape index (κ2) is 12.0. The minimum Gasteiger partial charge on any atom is -0.378 e. The fourth-order valence-electron chi connectivity index (χ4n) is 3.83. The van der Waals surface area contributed by atoms with Crippen molar-refractivity contribution in [2.75, 3.05) is 0 Å². The van der Waals surface area contributed by atoms with E-state index in [1.165, 1.54) is 0 Å². The van der Waals surface area contributed by atoms with Gasteiger partial charge in [0.1, 0.15) is 11.6 Å². The lowest BCUT2D eigenvalue weighted by Gasteiger charge is -2.26. The minimum absolute atomic E-state index is 0.112. The predicted octanol–water partition coefficient (Wildman–Crippen LogP) is 2.58. The molecule has 0 bridgehead atoms. The third kappa shape index (κ3) is 9.56. The summed E-state index contributed by atoms with van der Waals surface area (Å²) in [7, 11) is 0. The number of hydrogen-bond donors (Lipinski definition) is 4. The first-order valence-electron chi connectivity index (χ1n) is 12.1. The zero-order chi connectivity index (χ0) is 25.4. The van der Waals surface area contributed by atoms with E-state index in [4.69, 9.17) is 5.73 Å². The number of hydrogen-bond acceptors (Lipinski definition) is 4. The highest BCUT2D eigenvalue weighted by atomic mass is 16.3. The molecule has 7 nitrogen and oxygen atoms in total. The van der Waals surface area contributed by atoms with E-state index in [-0.39, 0.29) is 18.2 Å². The highest BCUT2D eigenvalue weighted by molar-refractivity contribution is 5.88. The number of aliphatic hydroxyl groups is 1. The Kier molecular flexibility index (Phi) is 9.69. The molecule has 0 spiro atoms. The topological polar surface area (TPSA) is 122 Å². The van der Waals surface area contributed by atoms with Gasteiger partial charge in [0, 0.05) is 29.9 Å². The Morgan fingerprint density at radius 2 is 1.74 bits per heavy atom. The van der Waals surface area contributed by atoms with Crippen LogP contribution in [-0.4, -0.2) is 40.0 Å². The van der Waals surface area contributed by atoms with E-state index in [2.05, 4.69) is 22.5 Å². The van der Waals surface area contributed by atoms with Crippen molar-refractivity contribution >= 4 is 17.7 Å². The monoisotopic (exact) mass is 469 g/mol. The van der Waals surface area contributed by atoms with Crippen molar-refractivity contribution in [1.82, 2.24) is 10.6 Å². The van der Waals surface area contributed by atoms with Gasteiger partial charge in [0.05, 0.1) is 0 Å². The van der Waals surface area contributed by atoms with Gasteiger partial charge in [0.25, 0.3) is 0 Å². The van der Waals surface area contributed by atoms with E-state index in [9.17, 15) is 19.5 Å². The Bertz CT molecular complexity index is 916. The van der Waals surface area contributed by atoms with Crippen LogP contribution < -0.4 is 16.4 Å². The number of amides is 3. The number of nitrogens with one attached hydrogen (secondary N) is 2. The molecule has 0 saturated heterocycles. The standard InChI is InChI=1S/C27H39N3O4/c1-19(24(28)32)8-13-23(31)29-22(25(33)30-26(2,3)4)18-21-11-9-20(10-12-21)14-17-27(34)15-6-5-7-16-27/h9-12,19,22,34H,5-8,13,15-16,18H2,1-4H3,(H2,28,32)(H,29,31)(H,30,33). The molecule has 0 radical (unpaired) electrons. The second-order valence-corrected chi connectivity index (χ2v) is 10.4. The van der Waals surface area contributed by atoms with Crippen LogP contribution in [0.5, 0.6) is 0 Å². The lowest BCUT2D eigenvalue weighted by atomic mass is 9.85. The van der Waals surface area contributed by atoms with Gasteiger partial charge in [-0.25, -0.2) is 0 Å². The minimum atomic E-state index is -0.899. The normalized spacial score (nSPS) is 17.0. The van der Waals surface area contributed by atoms with Crippen LogP contribution in [0, 0.1) is 17.8 Å². The van der Waals surface area contributed by atoms with Gasteiger partial charge in [-0.1, -0.05) is 37.3 Å². The van der Waals surface area contributed by atoms with Gasteiger partial charge in [-0.05, 0) is 70.6 Å². The summed E-state index contributed by atoms with van der Waals surface area (Å²) in [6, 6.07) is 6.74. The number of nitrogens with two attached hydrogens (primary N) is 1. The Hall–Kier alpha value is -2.85. The number of rotatable bonds is 8. The van der Waals surface area contributed by atoms with E-state index in [1.54, 1.807) is 6.92 Å². The Morgan fingerprint density at radius 1 is 1.12 bits per heavy atom. The van der Waals surface area contributed by atoms with Crippen LogP contribution >= 0.6 is 0 Å². The van der Waals surface area contributed by atoms with Gasteiger partial charge in [0.15, 0.2) is 0 Å². The fraction of sp³-hybridized carbons (Fsp3) is 0.593. The molecule has 0 aromatic heterocycles. The average Bonchev–Trinajstić information content (AvgIpc) is 2.75. The van der Waals surface area contributed by atoms with Gasteiger partial charge < -0.3 is 21.5 Å². The second-order valence-electron chi connectivity index (χ2n) is 10.4. The quantitative estimate of drug-likeness (QED) is 0.437. The fourth-order valence-corrected chi connectivity index (χ4v) is 3.83. The third-order valence-corrected chi connectivity index (χ3v) is 5.95. The maximum absolute atomic E-state index is 12.9. The van der Waals surface area contributed by atoms with Crippen LogP contribution in [0.2, 0.25) is 0 Å². The summed E-state index contributed by atoms with van der Waals surface area (Å²) in [4.78, 5) is 36.6. The highest BCUT2D eigenvalue weighted by Gasteiger charge is 2.27. The first-order chi connectivity index (χ1) is 15.9. The number of carbonyl (C=O) groups excluding carboxylic acids is 3. The number of benzene rings is 1. The molecular formula is C27H39N3O4. The largest absolute Gasteiger partial charge is 0.378 e. The molecule has 0 aliphatic heterocycles. The molecule has 1 aliphatic carbocycles. The SMILES string of the molecule is CC(CCC(=O)NC(Cc1ccc(C#CC2(O)CCCCC2)cc1)C(=O)NC(C)(C)C)C(N)=O. The Labute approximate surface area is 203 Å². The molecule has 1 aromatic rings. The molecule has 1 fully saturated rings. The summed E-state index contributed by atoms with van der Waals surface area (Å²) in [6.45, 7) is 7.32. The summed E-state index contributed by atoms with van der Waals surface area (Å²) in [5.41, 5.74) is 5.59. The van der Waals surface area contributed by atoms with Gasteiger partial charge in [-0.3, -0.25) is 14.4 Å². The lowest BCUT2D eigenvalue weighted by molar-refractivity contribution is -0.130. The maximum atomic E-state index is 12.9. The van der Waals surface area contributed by atoms with Crippen molar-refractivity contribution in [3.63, 3.8) is 0 Å². The molecule has 34 heavy (non-hydrogen) atoms. The molecule has 2 atom stereocenters. The summed E-state index contributed by atoms with van der Waals surface area (Å²) in [5.74, 6) is 4.67. The smallest absolute Gasteiger partial charge is 0.243 e. The Morgan fingerprint density at radius 3 is 2.29 bits per heavy atom. The number of carbonyl (C=O) groups is 3. The molecule has 1 aliphatic rings. The van der Waals surface area contributed by atoms with Gasteiger partial charge in [0.2, 0.25) is 17.7 Å². The molecule has 3 amide bonds. The zero-order valence-corrected chi connectivity index (χ0v) is 20.9. The van der Waals surface area contributed by atoms with E-state index >= 15 is 0 Å². The van der Waals surface area contributed by atoms with E-state index in [0.717, 1.165) is 30.4 Å². The van der Waals surface area contributed by atoms with Gasteiger partial charge >= 0.3 is 0 Å². The molecular weight excluding hydrogens is 430 g/mol. The molecule has 2 rings (SSSR count). The molecule has 1 saturated carbocycles. The van der Waals surface area contributed by atoms with Crippen LogP contribution in [0.25, 0.3) is 0 Å². The lowest BCUT2D eigenvalue weighted by Crippen LogP contribution is -2.53. The third-order valence-electron chi connectivity index (χ3n) is 5.95. The molecule has 2 unspecified atom stereocenters. The summed E-state index contributed by atoms with van der Waals surface area (Å²) >= 11 is 0. The van der Waals surface area contributed by atoms with Gasteiger partial charge in [-0.2, -0.15) is 0 Å². The van der Waals surface area contributed by atoms with Crippen molar-refractivity contribution < 1.29 is 19.5 Å². The zero-order valence-electron chi connectivity index (χ0n) is 20.9. The van der Waals surface area contributed by atoms with Crippen molar-refractivity contribution in [2.45, 2.75) is 96.2 Å². The molecule has 0 heterocycles. The van der Waals surface area contributed by atoms with Crippen LogP contribution in [-0.2, 0) is 20.8 Å². The van der Waals surface area contributed by atoms with Crippen LogP contribution in [0.4, 0.5) is 0 Å². The summed E-state index contributed by atoms with van der Waals surface area (Å²) in [6.07, 6.45) is 5.31. The summed E-state index contributed by atoms with van der Waals surface area (Å²) in [5, 5.41) is 16.3. The Balaban J connectivity index is 2.07. The van der Waals surface area contributed by atoms with Crippen LogP contribution in [0.3, 0.4) is 0 Å². The van der Waals surface area contributed by atoms with Crippen LogP contribution in [0.1, 0.15) is 83.8 Å². The predicted molar refractivity (Wildman–Crippen MR) is 132 cm³/mol. The highest BCUT2D eigenvalue weighted by Crippen LogP contribution is 2.27. The first kappa shape index (κ1) is 27.4. The number of primary amides is 1. The van der Waals surface area contributed by atoms with E-state index in [1.807, 2.05) is 45.0 Å². The molecule has 7 heteroatoms. The van der Waals surface area contributed by atoms with E-state index < -0.39 is 29.0 Å². The molecule has 5 N–H and O–H groups in total. The van der Waals surface area contributed by atoms with Crippen molar-refractivity contribution in [2.24, 2.45) is 11.7 Å². The van der Waals surface area contributed by atoms with Crippen molar-refractivity contribution in [1.29, 1.82) is 0 Å². The molecule has 186 valence electrons. The van der Waals surface area contributed by atoms with E-state index in [0.29, 0.717) is 25.7 Å². The van der Waals surface area contributed by atoms with Gasteiger partial charge in [-0.15, -0.1) is 0 Å². The molecule has 1 aromatic carbocycles. The van der Waals surface area contributed by atoms with Crippen LogP contribution in [0.15, 0.2) is 24.3 Å². The first-order valence-corrected chi connectivity index (χ1v) is 12.1. The van der Waals surface area contributed by atoms with Crippen molar-refractivity contribution in [3.8, 4) is 11.8 Å². The average molecular weight is 470 g/mol.